The summed E-state index contributed by atoms with van der Waals surface area (Å²) in [6.07, 6.45) is 3.18. The van der Waals surface area contributed by atoms with Gasteiger partial charge in [0, 0.05) is 32.7 Å². The first-order valence-corrected chi connectivity index (χ1v) is 11.0. The van der Waals surface area contributed by atoms with Crippen LogP contribution in [-0.2, 0) is 16.8 Å². The largest absolute Gasteiger partial charge is 0.339 e. The monoisotopic (exact) mass is 419 g/mol. The van der Waals surface area contributed by atoms with E-state index in [1.54, 1.807) is 30.3 Å². The van der Waals surface area contributed by atoms with Crippen molar-refractivity contribution < 1.29 is 17.6 Å². The zero-order chi connectivity index (χ0) is 21.0. The van der Waals surface area contributed by atoms with Crippen molar-refractivity contribution in [2.24, 2.45) is 0 Å². The molecule has 2 aromatic carbocycles. The molecular weight excluding hydrogens is 393 g/mol. The van der Waals surface area contributed by atoms with Gasteiger partial charge in [0.2, 0.25) is 0 Å². The quantitative estimate of drug-likeness (QED) is 0.722. The van der Waals surface area contributed by atoms with Gasteiger partial charge in [0.15, 0.2) is 0 Å². The van der Waals surface area contributed by atoms with Crippen LogP contribution in [0.4, 0.5) is 10.1 Å². The van der Waals surface area contributed by atoms with Crippen LogP contribution in [0.25, 0.3) is 0 Å². The Labute approximate surface area is 171 Å². The molecule has 1 amide bonds. The molecule has 1 aliphatic heterocycles. The summed E-state index contributed by atoms with van der Waals surface area (Å²) in [6.45, 7) is 1.49. The number of hydrogen-bond acceptors (Lipinski definition) is 3. The minimum absolute atomic E-state index is 0.0110. The highest BCUT2D eigenvalue weighted by atomic mass is 32.2. The Kier molecular flexibility index (Phi) is 6.54. The minimum atomic E-state index is -3.90. The van der Waals surface area contributed by atoms with Crippen LogP contribution in [0.15, 0.2) is 48.5 Å². The zero-order valence-corrected chi connectivity index (χ0v) is 17.5. The second-order valence-electron chi connectivity index (χ2n) is 7.30. The topological polar surface area (TPSA) is 60.9 Å². The molecule has 156 valence electrons. The van der Waals surface area contributed by atoms with Gasteiger partial charge in [-0.05, 0) is 49.1 Å². The molecule has 1 saturated heterocycles. The van der Waals surface area contributed by atoms with Crippen molar-refractivity contribution in [3.63, 3.8) is 0 Å². The number of carbonyl (C=O) groups is 1. The predicted octanol–water partition coefficient (Wildman–Crippen LogP) is 3.26. The highest BCUT2D eigenvalue weighted by Gasteiger charge is 2.27. The molecule has 0 radical (unpaired) electrons. The first-order valence-electron chi connectivity index (χ1n) is 9.63. The Morgan fingerprint density at radius 3 is 2.21 bits per heavy atom. The van der Waals surface area contributed by atoms with E-state index in [2.05, 4.69) is 0 Å². The lowest BCUT2D eigenvalue weighted by atomic mass is 10.1. The summed E-state index contributed by atoms with van der Waals surface area (Å²) in [5.41, 5.74) is 1.21. The number of piperidine rings is 1. The van der Waals surface area contributed by atoms with Crippen LogP contribution >= 0.6 is 0 Å². The Morgan fingerprint density at radius 2 is 1.62 bits per heavy atom. The normalized spacial score (nSPS) is 14.8. The van der Waals surface area contributed by atoms with Gasteiger partial charge >= 0.3 is 10.2 Å². The number of anilines is 1. The lowest BCUT2D eigenvalue weighted by Gasteiger charge is -2.28. The molecular formula is C21H26FN3O3S. The molecule has 3 rings (SSSR count). The van der Waals surface area contributed by atoms with Crippen LogP contribution < -0.4 is 4.31 Å². The Morgan fingerprint density at radius 1 is 1.00 bits per heavy atom. The summed E-state index contributed by atoms with van der Waals surface area (Å²) in [6, 6.07) is 12.6. The van der Waals surface area contributed by atoms with Crippen LogP contribution in [0.3, 0.4) is 0 Å². The van der Waals surface area contributed by atoms with Gasteiger partial charge in [0.25, 0.3) is 5.91 Å². The van der Waals surface area contributed by atoms with Crippen LogP contribution in [0, 0.1) is 5.82 Å². The molecule has 8 heteroatoms. The van der Waals surface area contributed by atoms with Crippen molar-refractivity contribution in [3.8, 4) is 0 Å². The molecule has 0 saturated carbocycles. The third-order valence-electron chi connectivity index (χ3n) is 5.03. The minimum Gasteiger partial charge on any atom is -0.339 e. The van der Waals surface area contributed by atoms with Gasteiger partial charge in [0.05, 0.1) is 12.2 Å². The van der Waals surface area contributed by atoms with Crippen LogP contribution in [0.2, 0.25) is 0 Å². The molecule has 0 spiro atoms. The number of carbonyl (C=O) groups excluding carboxylic acids is 1. The molecule has 6 nitrogen and oxygen atoms in total. The van der Waals surface area contributed by atoms with Crippen molar-refractivity contribution in [2.45, 2.75) is 25.8 Å². The molecule has 29 heavy (non-hydrogen) atoms. The number of benzene rings is 2. The standard InChI is InChI=1S/C21H26FN3O3S/c1-23(2)29(27,28)25(20-9-5-4-8-19(20)22)16-17-10-12-18(13-11-17)21(26)24-14-6-3-7-15-24/h4-5,8-13H,3,6-7,14-16H2,1-2H3. The zero-order valence-electron chi connectivity index (χ0n) is 16.7. The van der Waals surface area contributed by atoms with Crippen LogP contribution in [0.1, 0.15) is 35.2 Å². The van der Waals surface area contributed by atoms with E-state index in [-0.39, 0.29) is 18.1 Å². The van der Waals surface area contributed by atoms with Gasteiger partial charge in [-0.3, -0.25) is 9.10 Å². The summed E-state index contributed by atoms with van der Waals surface area (Å²) in [5.74, 6) is -0.627. The highest BCUT2D eigenvalue weighted by Crippen LogP contribution is 2.25. The molecule has 1 fully saturated rings. The first-order chi connectivity index (χ1) is 13.8. The first kappa shape index (κ1) is 21.3. The van der Waals surface area contributed by atoms with Gasteiger partial charge < -0.3 is 4.90 Å². The third kappa shape index (κ3) is 4.76. The number of para-hydroxylation sites is 1. The van der Waals surface area contributed by atoms with Crippen molar-refractivity contribution >= 4 is 21.8 Å². The summed E-state index contributed by atoms with van der Waals surface area (Å²) in [5, 5.41) is 0. The van der Waals surface area contributed by atoms with Crippen molar-refractivity contribution in [2.75, 3.05) is 31.5 Å². The predicted molar refractivity (Wildman–Crippen MR) is 111 cm³/mol. The maximum Gasteiger partial charge on any atom is 0.303 e. The third-order valence-corrected chi connectivity index (χ3v) is 6.84. The number of amides is 1. The van der Waals surface area contributed by atoms with Gasteiger partial charge in [-0.2, -0.15) is 12.7 Å². The summed E-state index contributed by atoms with van der Waals surface area (Å²) < 4.78 is 42.0. The van der Waals surface area contributed by atoms with Gasteiger partial charge in [-0.15, -0.1) is 0 Å². The van der Waals surface area contributed by atoms with E-state index in [9.17, 15) is 17.6 Å². The SMILES string of the molecule is CN(C)S(=O)(=O)N(Cc1ccc(C(=O)N2CCCCC2)cc1)c1ccccc1F. The second-order valence-corrected chi connectivity index (χ2v) is 9.36. The fraction of sp³-hybridized carbons (Fsp3) is 0.381. The van der Waals surface area contributed by atoms with Crippen LogP contribution in [-0.4, -0.2) is 50.7 Å². The van der Waals surface area contributed by atoms with E-state index in [4.69, 9.17) is 0 Å². The molecule has 1 aliphatic rings. The van der Waals surface area contributed by atoms with Gasteiger partial charge in [-0.1, -0.05) is 24.3 Å². The number of likely N-dealkylation sites (tertiary alicyclic amines) is 1. The maximum absolute atomic E-state index is 14.3. The molecule has 0 unspecified atom stereocenters. The maximum atomic E-state index is 14.3. The van der Waals surface area contributed by atoms with E-state index in [0.29, 0.717) is 11.1 Å². The van der Waals surface area contributed by atoms with E-state index in [1.165, 1.54) is 32.3 Å². The van der Waals surface area contributed by atoms with E-state index in [0.717, 1.165) is 41.0 Å². The van der Waals surface area contributed by atoms with Crippen LogP contribution in [0.5, 0.6) is 0 Å². The summed E-state index contributed by atoms with van der Waals surface area (Å²) in [4.78, 5) is 14.5. The molecule has 0 atom stereocenters. The van der Waals surface area contributed by atoms with Gasteiger partial charge in [0.1, 0.15) is 5.82 Å². The molecule has 0 aliphatic carbocycles. The lowest BCUT2D eigenvalue weighted by molar-refractivity contribution is 0.0724. The number of hydrogen-bond donors (Lipinski definition) is 0. The number of halogens is 1. The Hall–Kier alpha value is -2.45. The van der Waals surface area contributed by atoms with E-state index >= 15 is 0 Å². The second kappa shape index (κ2) is 8.92. The molecule has 0 aromatic heterocycles. The number of rotatable bonds is 6. The van der Waals surface area contributed by atoms with Crippen molar-refractivity contribution in [1.82, 2.24) is 9.21 Å². The average molecular weight is 420 g/mol. The fourth-order valence-corrected chi connectivity index (χ4v) is 4.44. The molecule has 1 heterocycles. The summed E-state index contributed by atoms with van der Waals surface area (Å²) >= 11 is 0. The Balaban J connectivity index is 1.85. The van der Waals surface area contributed by atoms with E-state index < -0.39 is 16.0 Å². The van der Waals surface area contributed by atoms with Crippen molar-refractivity contribution in [1.29, 1.82) is 0 Å². The molecule has 2 aromatic rings. The smallest absolute Gasteiger partial charge is 0.303 e. The summed E-state index contributed by atoms with van der Waals surface area (Å²) in [7, 11) is -1.09. The molecule has 0 N–H and O–H groups in total. The van der Waals surface area contributed by atoms with Crippen molar-refractivity contribution in [3.05, 3.63) is 65.5 Å². The average Bonchev–Trinajstić information content (AvgIpc) is 2.73. The molecule has 0 bridgehead atoms. The lowest BCUT2D eigenvalue weighted by Crippen LogP contribution is -2.40. The van der Waals surface area contributed by atoms with E-state index in [1.807, 2.05) is 4.90 Å². The Bertz CT molecular complexity index is 955. The van der Waals surface area contributed by atoms with Gasteiger partial charge in [-0.25, -0.2) is 4.39 Å². The number of nitrogens with zero attached hydrogens (tertiary/aromatic N) is 3. The highest BCUT2D eigenvalue weighted by molar-refractivity contribution is 7.90. The fourth-order valence-electron chi connectivity index (χ4n) is 3.34.